The quantitative estimate of drug-likeness (QED) is 0.476. The van der Waals surface area contributed by atoms with Crippen molar-refractivity contribution in [1.82, 2.24) is 24.6 Å². The average molecular weight is 422 g/mol. The average Bonchev–Trinajstić information content (AvgIpc) is 3.53. The molecule has 1 aliphatic rings. The molecule has 152 valence electrons. The Morgan fingerprint density at radius 1 is 1.07 bits per heavy atom. The number of hydrogen-bond donors (Lipinski definition) is 0. The fourth-order valence-electron chi connectivity index (χ4n) is 3.77. The molecule has 0 saturated carbocycles. The molecule has 8 heteroatoms. The maximum Gasteiger partial charge on any atom is 0.258 e. The summed E-state index contributed by atoms with van der Waals surface area (Å²) >= 11 is 5.93. The molecule has 2 aromatic heterocycles. The molecule has 4 aromatic rings. The van der Waals surface area contributed by atoms with Crippen LogP contribution in [-0.2, 0) is 11.3 Å². The molecule has 0 spiro atoms. The van der Waals surface area contributed by atoms with Gasteiger partial charge in [0.1, 0.15) is 0 Å². The molecule has 7 nitrogen and oxygen atoms in total. The smallest absolute Gasteiger partial charge is 0.258 e. The van der Waals surface area contributed by atoms with Gasteiger partial charge >= 0.3 is 0 Å². The van der Waals surface area contributed by atoms with Crippen LogP contribution in [0.5, 0.6) is 0 Å². The zero-order valence-electron chi connectivity index (χ0n) is 16.3. The van der Waals surface area contributed by atoms with Gasteiger partial charge in [-0.2, -0.15) is 4.98 Å². The largest absolute Gasteiger partial charge is 0.343 e. The molecule has 1 aliphatic heterocycles. The SMILES string of the molecule is O=C(CCn1cnc2cc(-c3noc(-c4ccc(Cl)cc4)n3)ccc21)N1CCCC1. The first-order valence-electron chi connectivity index (χ1n) is 10.00. The second-order valence-electron chi connectivity index (χ2n) is 7.41. The lowest BCUT2D eigenvalue weighted by molar-refractivity contribution is -0.130. The van der Waals surface area contributed by atoms with Crippen molar-refractivity contribution in [1.29, 1.82) is 0 Å². The number of hydrogen-bond acceptors (Lipinski definition) is 5. The number of carbonyl (C=O) groups excluding carboxylic acids is 1. The van der Waals surface area contributed by atoms with E-state index in [1.165, 1.54) is 0 Å². The number of rotatable bonds is 5. The maximum absolute atomic E-state index is 12.3. The highest BCUT2D eigenvalue weighted by Crippen LogP contribution is 2.26. The van der Waals surface area contributed by atoms with Crippen molar-refractivity contribution < 1.29 is 9.32 Å². The van der Waals surface area contributed by atoms with Gasteiger partial charge in [-0.15, -0.1) is 0 Å². The summed E-state index contributed by atoms with van der Waals surface area (Å²) in [5.74, 6) is 1.15. The van der Waals surface area contributed by atoms with E-state index in [4.69, 9.17) is 16.1 Å². The van der Waals surface area contributed by atoms with E-state index in [0.29, 0.717) is 29.7 Å². The lowest BCUT2D eigenvalue weighted by Crippen LogP contribution is -2.28. The van der Waals surface area contributed by atoms with Gasteiger partial charge in [-0.25, -0.2) is 4.98 Å². The van der Waals surface area contributed by atoms with Gasteiger partial charge in [-0.1, -0.05) is 16.8 Å². The van der Waals surface area contributed by atoms with Gasteiger partial charge in [0.2, 0.25) is 11.7 Å². The van der Waals surface area contributed by atoms with Crippen molar-refractivity contribution in [3.05, 3.63) is 53.8 Å². The van der Waals surface area contributed by atoms with E-state index in [1.54, 1.807) is 18.5 Å². The number of imidazole rings is 1. The molecule has 0 unspecified atom stereocenters. The van der Waals surface area contributed by atoms with Crippen LogP contribution in [0.15, 0.2) is 53.3 Å². The maximum atomic E-state index is 12.3. The Balaban J connectivity index is 1.33. The molecule has 0 atom stereocenters. The zero-order chi connectivity index (χ0) is 20.5. The van der Waals surface area contributed by atoms with E-state index in [0.717, 1.165) is 48.1 Å². The normalized spacial score (nSPS) is 14.0. The Morgan fingerprint density at radius 3 is 2.63 bits per heavy atom. The third kappa shape index (κ3) is 3.68. The molecule has 1 saturated heterocycles. The van der Waals surface area contributed by atoms with Crippen LogP contribution in [0, 0.1) is 0 Å². The predicted octanol–water partition coefficient (Wildman–Crippen LogP) is 4.42. The third-order valence-corrected chi connectivity index (χ3v) is 5.67. The number of benzene rings is 2. The lowest BCUT2D eigenvalue weighted by Gasteiger charge is -2.15. The number of aryl methyl sites for hydroxylation is 1. The summed E-state index contributed by atoms with van der Waals surface area (Å²) in [5.41, 5.74) is 3.45. The van der Waals surface area contributed by atoms with Gasteiger partial charge in [0, 0.05) is 42.2 Å². The summed E-state index contributed by atoms with van der Waals surface area (Å²) in [6.07, 6.45) is 4.49. The van der Waals surface area contributed by atoms with Gasteiger partial charge in [0.15, 0.2) is 0 Å². The molecule has 2 aromatic carbocycles. The zero-order valence-corrected chi connectivity index (χ0v) is 17.0. The molecule has 3 heterocycles. The fourth-order valence-corrected chi connectivity index (χ4v) is 3.90. The van der Waals surface area contributed by atoms with E-state index in [9.17, 15) is 4.79 Å². The molecule has 0 bridgehead atoms. The topological polar surface area (TPSA) is 77.0 Å². The minimum atomic E-state index is 0.215. The van der Waals surface area contributed by atoms with Gasteiger partial charge in [-0.05, 0) is 55.3 Å². The number of likely N-dealkylation sites (tertiary alicyclic amines) is 1. The van der Waals surface area contributed by atoms with Crippen molar-refractivity contribution in [2.24, 2.45) is 0 Å². The first-order valence-corrected chi connectivity index (χ1v) is 10.4. The van der Waals surface area contributed by atoms with Crippen LogP contribution < -0.4 is 0 Å². The Morgan fingerprint density at radius 2 is 1.83 bits per heavy atom. The molecule has 30 heavy (non-hydrogen) atoms. The van der Waals surface area contributed by atoms with Gasteiger partial charge in [0.05, 0.1) is 17.4 Å². The number of halogens is 1. The van der Waals surface area contributed by atoms with E-state index in [2.05, 4.69) is 15.1 Å². The highest BCUT2D eigenvalue weighted by atomic mass is 35.5. The molecular formula is C22H20ClN5O2. The Bertz CT molecular complexity index is 1190. The molecule has 0 radical (unpaired) electrons. The first kappa shape index (κ1) is 18.8. The van der Waals surface area contributed by atoms with Crippen LogP contribution in [-0.4, -0.2) is 43.6 Å². The fraction of sp³-hybridized carbons (Fsp3) is 0.273. The van der Waals surface area contributed by atoms with Crippen LogP contribution in [0.25, 0.3) is 33.9 Å². The lowest BCUT2D eigenvalue weighted by atomic mass is 10.2. The Labute approximate surface area is 178 Å². The van der Waals surface area contributed by atoms with Crippen LogP contribution in [0.3, 0.4) is 0 Å². The Kier molecular flexibility index (Phi) is 4.96. The van der Waals surface area contributed by atoms with Crippen molar-refractivity contribution in [2.45, 2.75) is 25.8 Å². The summed E-state index contributed by atoms with van der Waals surface area (Å²) in [6.45, 7) is 2.39. The van der Waals surface area contributed by atoms with Crippen LogP contribution in [0.1, 0.15) is 19.3 Å². The molecule has 1 fully saturated rings. The van der Waals surface area contributed by atoms with E-state index < -0.39 is 0 Å². The number of nitrogens with zero attached hydrogens (tertiary/aromatic N) is 5. The van der Waals surface area contributed by atoms with E-state index in [1.807, 2.05) is 39.8 Å². The molecule has 1 amide bonds. The van der Waals surface area contributed by atoms with Gasteiger partial charge in [-0.3, -0.25) is 4.79 Å². The van der Waals surface area contributed by atoms with E-state index in [-0.39, 0.29) is 5.91 Å². The standard InChI is InChI=1S/C22H20ClN5O2/c23-17-6-3-15(4-7-17)22-25-21(26-30-22)16-5-8-19-18(13-16)24-14-28(19)12-9-20(29)27-10-1-2-11-27/h3-8,13-14H,1-2,9-12H2. The summed E-state index contributed by atoms with van der Waals surface area (Å²) in [4.78, 5) is 23.2. The summed E-state index contributed by atoms with van der Waals surface area (Å²) in [5, 5.41) is 4.75. The van der Waals surface area contributed by atoms with Crippen molar-refractivity contribution >= 4 is 28.5 Å². The molecular weight excluding hydrogens is 402 g/mol. The van der Waals surface area contributed by atoms with Crippen molar-refractivity contribution in [2.75, 3.05) is 13.1 Å². The van der Waals surface area contributed by atoms with E-state index >= 15 is 0 Å². The van der Waals surface area contributed by atoms with Crippen molar-refractivity contribution in [3.63, 3.8) is 0 Å². The van der Waals surface area contributed by atoms with Crippen LogP contribution in [0.2, 0.25) is 5.02 Å². The summed E-state index contributed by atoms with van der Waals surface area (Å²) < 4.78 is 7.42. The molecule has 5 rings (SSSR count). The predicted molar refractivity (Wildman–Crippen MR) is 114 cm³/mol. The number of aromatic nitrogens is 4. The first-order chi connectivity index (χ1) is 14.7. The molecule has 0 N–H and O–H groups in total. The number of carbonyl (C=O) groups is 1. The molecule has 0 aliphatic carbocycles. The highest BCUT2D eigenvalue weighted by Gasteiger charge is 2.18. The van der Waals surface area contributed by atoms with Crippen molar-refractivity contribution in [3.8, 4) is 22.8 Å². The number of fused-ring (bicyclic) bond motifs is 1. The Hall–Kier alpha value is -3.19. The summed E-state index contributed by atoms with van der Waals surface area (Å²) in [7, 11) is 0. The van der Waals surface area contributed by atoms with Crippen LogP contribution in [0.4, 0.5) is 0 Å². The number of amides is 1. The highest BCUT2D eigenvalue weighted by molar-refractivity contribution is 6.30. The summed E-state index contributed by atoms with van der Waals surface area (Å²) in [6, 6.07) is 13.1. The van der Waals surface area contributed by atoms with Gasteiger partial charge < -0.3 is 14.0 Å². The second kappa shape index (κ2) is 7.91. The minimum absolute atomic E-state index is 0.215. The van der Waals surface area contributed by atoms with Gasteiger partial charge in [0.25, 0.3) is 5.89 Å². The van der Waals surface area contributed by atoms with Crippen LogP contribution >= 0.6 is 11.6 Å². The third-order valence-electron chi connectivity index (χ3n) is 5.42. The minimum Gasteiger partial charge on any atom is -0.343 e. The monoisotopic (exact) mass is 421 g/mol. The second-order valence-corrected chi connectivity index (χ2v) is 7.85.